The van der Waals surface area contributed by atoms with Crippen LogP contribution >= 0.6 is 0 Å². The summed E-state index contributed by atoms with van der Waals surface area (Å²) >= 11 is 0. The van der Waals surface area contributed by atoms with Crippen molar-refractivity contribution in [2.75, 3.05) is 39.3 Å². The lowest BCUT2D eigenvalue weighted by molar-refractivity contribution is -0.132. The molecule has 0 bridgehead atoms. The van der Waals surface area contributed by atoms with Gasteiger partial charge >= 0.3 is 0 Å². The molecule has 0 radical (unpaired) electrons. The maximum absolute atomic E-state index is 12.2. The van der Waals surface area contributed by atoms with Gasteiger partial charge in [-0.15, -0.1) is 0 Å². The summed E-state index contributed by atoms with van der Waals surface area (Å²) < 4.78 is 0. The molecule has 27 heavy (non-hydrogen) atoms. The smallest absolute Gasteiger partial charge is 0.241 e. The molecule has 2 amide bonds. The second-order valence-corrected chi connectivity index (χ2v) is 7.70. The van der Waals surface area contributed by atoms with Crippen LogP contribution in [0.3, 0.4) is 0 Å². The largest absolute Gasteiger partial charge is 0.361 e. The van der Waals surface area contributed by atoms with Crippen molar-refractivity contribution in [3.05, 3.63) is 36.0 Å². The van der Waals surface area contributed by atoms with Crippen LogP contribution in [0.4, 0.5) is 0 Å². The number of aromatic amines is 1. The highest BCUT2D eigenvalue weighted by Crippen LogP contribution is 2.32. The maximum Gasteiger partial charge on any atom is 0.241 e. The molecule has 2 fully saturated rings. The summed E-state index contributed by atoms with van der Waals surface area (Å²) in [6, 6.07) is 8.43. The third-order valence-corrected chi connectivity index (χ3v) is 5.91. The molecule has 0 unspecified atom stereocenters. The van der Waals surface area contributed by atoms with E-state index in [1.165, 1.54) is 16.5 Å². The second-order valence-electron chi connectivity index (χ2n) is 7.70. The Labute approximate surface area is 159 Å². The highest BCUT2D eigenvalue weighted by molar-refractivity contribution is 5.86. The number of nitrogens with zero attached hydrogens (tertiary/aromatic N) is 2. The van der Waals surface area contributed by atoms with E-state index in [1.807, 2.05) is 4.90 Å². The van der Waals surface area contributed by atoms with Crippen molar-refractivity contribution in [3.63, 3.8) is 0 Å². The zero-order valence-electron chi connectivity index (χ0n) is 15.7. The number of H-pyrrole nitrogens is 1. The molecule has 6 heteroatoms. The molecule has 2 aliphatic rings. The van der Waals surface area contributed by atoms with E-state index in [2.05, 4.69) is 45.7 Å². The number of carbonyl (C=O) groups is 2. The SMILES string of the molecule is O=C(CN1CCC(c2c[nH]c3ccccc23)CC1)NCC(=O)N1CCCC1. The highest BCUT2D eigenvalue weighted by Gasteiger charge is 2.24. The van der Waals surface area contributed by atoms with Gasteiger partial charge in [-0.3, -0.25) is 14.5 Å². The van der Waals surface area contributed by atoms with E-state index >= 15 is 0 Å². The molecule has 1 aromatic carbocycles. The van der Waals surface area contributed by atoms with Crippen LogP contribution < -0.4 is 5.32 Å². The van der Waals surface area contributed by atoms with Crippen LogP contribution in [0, 0.1) is 0 Å². The number of likely N-dealkylation sites (tertiary alicyclic amines) is 2. The Balaban J connectivity index is 1.23. The van der Waals surface area contributed by atoms with Gasteiger partial charge in [-0.25, -0.2) is 0 Å². The Bertz CT molecular complexity index is 801. The number of rotatable bonds is 5. The lowest BCUT2D eigenvalue weighted by Gasteiger charge is -2.31. The fraction of sp³-hybridized carbons (Fsp3) is 0.524. The van der Waals surface area contributed by atoms with Gasteiger partial charge in [0.15, 0.2) is 0 Å². The molecule has 2 aromatic rings. The second kappa shape index (κ2) is 8.13. The number of nitrogens with one attached hydrogen (secondary N) is 2. The van der Waals surface area contributed by atoms with Crippen molar-refractivity contribution < 1.29 is 9.59 Å². The normalized spacial score (nSPS) is 18.9. The molecule has 3 heterocycles. The van der Waals surface area contributed by atoms with E-state index in [1.54, 1.807) is 0 Å². The van der Waals surface area contributed by atoms with Crippen LogP contribution in [0.15, 0.2) is 30.5 Å². The lowest BCUT2D eigenvalue weighted by Crippen LogP contribution is -2.44. The molecule has 0 atom stereocenters. The topological polar surface area (TPSA) is 68.4 Å². The van der Waals surface area contributed by atoms with Crippen LogP contribution in [0.25, 0.3) is 10.9 Å². The molecular weight excluding hydrogens is 340 g/mol. The van der Waals surface area contributed by atoms with Crippen LogP contribution in [-0.2, 0) is 9.59 Å². The minimum Gasteiger partial charge on any atom is -0.361 e. The summed E-state index contributed by atoms with van der Waals surface area (Å²) in [5.74, 6) is 0.532. The van der Waals surface area contributed by atoms with Gasteiger partial charge in [-0.1, -0.05) is 18.2 Å². The minimum atomic E-state index is -0.0481. The summed E-state index contributed by atoms with van der Waals surface area (Å²) in [5.41, 5.74) is 2.59. The monoisotopic (exact) mass is 368 g/mol. The number of hydrogen-bond donors (Lipinski definition) is 2. The van der Waals surface area contributed by atoms with Crippen molar-refractivity contribution in [2.24, 2.45) is 0 Å². The summed E-state index contributed by atoms with van der Waals surface area (Å²) in [7, 11) is 0. The zero-order chi connectivity index (χ0) is 18.6. The van der Waals surface area contributed by atoms with Gasteiger partial charge in [-0.2, -0.15) is 0 Å². The van der Waals surface area contributed by atoms with Crippen LogP contribution in [0.2, 0.25) is 0 Å². The Kier molecular flexibility index (Phi) is 5.43. The molecule has 6 nitrogen and oxygen atoms in total. The molecule has 2 aliphatic heterocycles. The first-order chi connectivity index (χ1) is 13.2. The molecular formula is C21H28N4O2. The fourth-order valence-corrected chi connectivity index (χ4v) is 4.35. The number of carbonyl (C=O) groups excluding carboxylic acids is 2. The predicted molar refractivity (Wildman–Crippen MR) is 106 cm³/mol. The third kappa shape index (κ3) is 4.16. The van der Waals surface area contributed by atoms with E-state index in [0.717, 1.165) is 51.9 Å². The first-order valence-electron chi connectivity index (χ1n) is 10.0. The summed E-state index contributed by atoms with van der Waals surface area (Å²) in [6.45, 7) is 4.00. The Morgan fingerprint density at radius 2 is 1.81 bits per heavy atom. The molecule has 144 valence electrons. The molecule has 2 N–H and O–H groups in total. The molecule has 0 saturated carbocycles. The number of hydrogen-bond acceptors (Lipinski definition) is 3. The quantitative estimate of drug-likeness (QED) is 0.849. The molecule has 4 rings (SSSR count). The Morgan fingerprint density at radius 1 is 1.07 bits per heavy atom. The number of fused-ring (bicyclic) bond motifs is 1. The van der Waals surface area contributed by atoms with Gasteiger partial charge in [-0.05, 0) is 56.3 Å². The van der Waals surface area contributed by atoms with Crippen molar-refractivity contribution in [1.82, 2.24) is 20.1 Å². The van der Waals surface area contributed by atoms with Gasteiger partial charge in [0.25, 0.3) is 0 Å². The highest BCUT2D eigenvalue weighted by atomic mass is 16.2. The van der Waals surface area contributed by atoms with E-state index in [4.69, 9.17) is 0 Å². The molecule has 1 aromatic heterocycles. The van der Waals surface area contributed by atoms with E-state index in [9.17, 15) is 9.59 Å². The van der Waals surface area contributed by atoms with E-state index < -0.39 is 0 Å². The Morgan fingerprint density at radius 3 is 2.59 bits per heavy atom. The van der Waals surface area contributed by atoms with E-state index in [0.29, 0.717) is 12.5 Å². The van der Waals surface area contributed by atoms with Crippen molar-refractivity contribution in [3.8, 4) is 0 Å². The maximum atomic E-state index is 12.2. The van der Waals surface area contributed by atoms with Crippen LogP contribution in [-0.4, -0.2) is 65.9 Å². The number of benzene rings is 1. The fourth-order valence-electron chi connectivity index (χ4n) is 4.35. The number of piperidine rings is 1. The van der Waals surface area contributed by atoms with Crippen molar-refractivity contribution >= 4 is 22.7 Å². The van der Waals surface area contributed by atoms with Gasteiger partial charge in [0, 0.05) is 30.2 Å². The summed E-state index contributed by atoms with van der Waals surface area (Å²) in [6.07, 6.45) is 6.40. The predicted octanol–water partition coefficient (Wildman–Crippen LogP) is 2.09. The zero-order valence-corrected chi connectivity index (χ0v) is 15.7. The van der Waals surface area contributed by atoms with Crippen LogP contribution in [0.1, 0.15) is 37.2 Å². The van der Waals surface area contributed by atoms with Gasteiger partial charge in [0.2, 0.25) is 11.8 Å². The average Bonchev–Trinajstić information content (AvgIpc) is 3.37. The first-order valence-corrected chi connectivity index (χ1v) is 10.0. The van der Waals surface area contributed by atoms with E-state index in [-0.39, 0.29) is 18.4 Å². The van der Waals surface area contributed by atoms with Crippen molar-refractivity contribution in [2.45, 2.75) is 31.6 Å². The van der Waals surface area contributed by atoms with Gasteiger partial charge < -0.3 is 15.2 Å². The lowest BCUT2D eigenvalue weighted by atomic mass is 9.89. The average molecular weight is 368 g/mol. The molecule has 2 saturated heterocycles. The molecule has 0 aliphatic carbocycles. The summed E-state index contributed by atoms with van der Waals surface area (Å²) in [4.78, 5) is 31.6. The van der Waals surface area contributed by atoms with Crippen molar-refractivity contribution in [1.29, 1.82) is 0 Å². The first kappa shape index (κ1) is 18.0. The standard InChI is InChI=1S/C21H28N4O2/c26-20(23-14-21(27)25-9-3-4-10-25)15-24-11-7-16(8-12-24)18-13-22-19-6-2-1-5-17(18)19/h1-2,5-6,13,16,22H,3-4,7-12,14-15H2,(H,23,26). The summed E-state index contributed by atoms with van der Waals surface area (Å²) in [5, 5.41) is 4.11. The van der Waals surface area contributed by atoms with Gasteiger partial charge in [0.05, 0.1) is 13.1 Å². The number of aromatic nitrogens is 1. The minimum absolute atomic E-state index is 0.0406. The Hall–Kier alpha value is -2.34. The third-order valence-electron chi connectivity index (χ3n) is 5.91. The number of amides is 2. The number of para-hydroxylation sites is 1. The molecule has 0 spiro atoms. The van der Waals surface area contributed by atoms with Gasteiger partial charge in [0.1, 0.15) is 0 Å². The van der Waals surface area contributed by atoms with Crippen LogP contribution in [0.5, 0.6) is 0 Å².